The molecule has 0 saturated heterocycles. The lowest BCUT2D eigenvalue weighted by Gasteiger charge is -2.24. The highest BCUT2D eigenvalue weighted by Gasteiger charge is 2.23. The van der Waals surface area contributed by atoms with E-state index in [2.05, 4.69) is 4.98 Å². The lowest BCUT2D eigenvalue weighted by Crippen LogP contribution is -2.33. The maximum atomic E-state index is 10.6. The first kappa shape index (κ1) is 11.3. The van der Waals surface area contributed by atoms with Gasteiger partial charge in [-0.2, -0.15) is 0 Å². The first-order valence-electron chi connectivity index (χ1n) is 4.58. The smallest absolute Gasteiger partial charge is 0.405 e. The number of nitrogens with two attached hydrogens (primary N) is 2. The van der Waals surface area contributed by atoms with Crippen LogP contribution >= 0.6 is 0 Å². The SMILES string of the molecule is CC(C)(Cc1cccnc1N)OC(N)=O. The number of hydrogen-bond donors (Lipinski definition) is 2. The Morgan fingerprint density at radius 1 is 1.60 bits per heavy atom. The Morgan fingerprint density at radius 2 is 2.27 bits per heavy atom. The minimum Gasteiger partial charge on any atom is -0.443 e. The molecule has 0 saturated carbocycles. The van der Waals surface area contributed by atoms with E-state index in [1.165, 1.54) is 0 Å². The molecule has 1 heterocycles. The van der Waals surface area contributed by atoms with Gasteiger partial charge in [0.25, 0.3) is 0 Å². The quantitative estimate of drug-likeness (QED) is 0.779. The third kappa shape index (κ3) is 3.46. The van der Waals surface area contributed by atoms with Gasteiger partial charge in [0.2, 0.25) is 0 Å². The Kier molecular flexibility index (Phi) is 3.14. The van der Waals surface area contributed by atoms with Crippen LogP contribution < -0.4 is 11.5 Å². The first-order valence-corrected chi connectivity index (χ1v) is 4.58. The second kappa shape index (κ2) is 4.16. The molecule has 1 amide bonds. The predicted molar refractivity (Wildman–Crippen MR) is 57.1 cm³/mol. The molecule has 1 aromatic rings. The van der Waals surface area contributed by atoms with Crippen LogP contribution in [0.15, 0.2) is 18.3 Å². The molecule has 0 bridgehead atoms. The van der Waals surface area contributed by atoms with Crippen LogP contribution in [0.1, 0.15) is 19.4 Å². The normalized spacial score (nSPS) is 11.1. The maximum absolute atomic E-state index is 10.6. The summed E-state index contributed by atoms with van der Waals surface area (Å²) in [5.41, 5.74) is 10.8. The van der Waals surface area contributed by atoms with Gasteiger partial charge in [-0.3, -0.25) is 0 Å². The van der Waals surface area contributed by atoms with Crippen LogP contribution in [-0.2, 0) is 11.2 Å². The molecule has 15 heavy (non-hydrogen) atoms. The van der Waals surface area contributed by atoms with Gasteiger partial charge in [0.1, 0.15) is 11.4 Å². The van der Waals surface area contributed by atoms with Gasteiger partial charge in [-0.05, 0) is 25.5 Å². The molecule has 0 aliphatic carbocycles. The number of primary amides is 1. The molecule has 5 nitrogen and oxygen atoms in total. The van der Waals surface area contributed by atoms with Crippen molar-refractivity contribution in [2.75, 3.05) is 5.73 Å². The van der Waals surface area contributed by atoms with E-state index in [-0.39, 0.29) is 0 Å². The van der Waals surface area contributed by atoms with Crippen LogP contribution in [0.4, 0.5) is 10.6 Å². The van der Waals surface area contributed by atoms with Crippen LogP contribution in [0.25, 0.3) is 0 Å². The summed E-state index contributed by atoms with van der Waals surface area (Å²) < 4.78 is 4.95. The van der Waals surface area contributed by atoms with E-state index in [1.807, 2.05) is 6.07 Å². The van der Waals surface area contributed by atoms with Gasteiger partial charge in [0.15, 0.2) is 0 Å². The Hall–Kier alpha value is -1.78. The molecule has 0 atom stereocenters. The summed E-state index contributed by atoms with van der Waals surface area (Å²) in [5.74, 6) is 0.443. The van der Waals surface area contributed by atoms with Gasteiger partial charge in [-0.1, -0.05) is 6.07 Å². The van der Waals surface area contributed by atoms with E-state index in [1.54, 1.807) is 26.1 Å². The molecule has 0 unspecified atom stereocenters. The summed E-state index contributed by atoms with van der Waals surface area (Å²) in [4.78, 5) is 14.6. The van der Waals surface area contributed by atoms with Gasteiger partial charge in [0.05, 0.1) is 0 Å². The largest absolute Gasteiger partial charge is 0.443 e. The standard InChI is InChI=1S/C10H15N3O2/c1-10(2,15-9(12)14)6-7-4-3-5-13-8(7)11/h3-5H,6H2,1-2H3,(H2,11,13)(H2,12,14). The summed E-state index contributed by atoms with van der Waals surface area (Å²) in [6.07, 6.45) is 1.30. The number of pyridine rings is 1. The minimum absolute atomic E-state index is 0.443. The topological polar surface area (TPSA) is 91.2 Å². The third-order valence-electron chi connectivity index (χ3n) is 1.92. The van der Waals surface area contributed by atoms with Crippen molar-refractivity contribution in [1.29, 1.82) is 0 Å². The van der Waals surface area contributed by atoms with Gasteiger partial charge in [-0.15, -0.1) is 0 Å². The summed E-state index contributed by atoms with van der Waals surface area (Å²) in [6.45, 7) is 3.54. The molecule has 0 aromatic carbocycles. The zero-order valence-electron chi connectivity index (χ0n) is 8.86. The van der Waals surface area contributed by atoms with Crippen molar-refractivity contribution < 1.29 is 9.53 Å². The van der Waals surface area contributed by atoms with Crippen molar-refractivity contribution in [1.82, 2.24) is 4.98 Å². The molecular formula is C10H15N3O2. The fraction of sp³-hybridized carbons (Fsp3) is 0.400. The number of hydrogen-bond acceptors (Lipinski definition) is 4. The fourth-order valence-electron chi connectivity index (χ4n) is 1.37. The van der Waals surface area contributed by atoms with Crippen molar-refractivity contribution in [2.45, 2.75) is 25.9 Å². The van der Waals surface area contributed by atoms with E-state index in [4.69, 9.17) is 16.2 Å². The zero-order valence-corrected chi connectivity index (χ0v) is 8.86. The van der Waals surface area contributed by atoms with E-state index in [0.717, 1.165) is 5.56 Å². The molecule has 82 valence electrons. The lowest BCUT2D eigenvalue weighted by atomic mass is 9.99. The van der Waals surface area contributed by atoms with E-state index in [9.17, 15) is 4.79 Å². The third-order valence-corrected chi connectivity index (χ3v) is 1.92. The number of nitrogens with zero attached hydrogens (tertiary/aromatic N) is 1. The Morgan fingerprint density at radius 3 is 2.80 bits per heavy atom. The number of rotatable bonds is 3. The van der Waals surface area contributed by atoms with Crippen molar-refractivity contribution in [3.8, 4) is 0 Å². The number of amides is 1. The van der Waals surface area contributed by atoms with Gasteiger partial charge in [-0.25, -0.2) is 9.78 Å². The molecule has 4 N–H and O–H groups in total. The predicted octanol–water partition coefficient (Wildman–Crippen LogP) is 1.08. The zero-order chi connectivity index (χ0) is 11.5. The van der Waals surface area contributed by atoms with Crippen LogP contribution in [0.3, 0.4) is 0 Å². The summed E-state index contributed by atoms with van der Waals surface area (Å²) in [7, 11) is 0. The van der Waals surface area contributed by atoms with Crippen LogP contribution in [0.2, 0.25) is 0 Å². The number of carbonyl (C=O) groups excluding carboxylic acids is 1. The highest BCUT2D eigenvalue weighted by Crippen LogP contribution is 2.19. The first-order chi connectivity index (χ1) is 6.91. The van der Waals surface area contributed by atoms with Crippen molar-refractivity contribution in [3.63, 3.8) is 0 Å². The van der Waals surface area contributed by atoms with Crippen LogP contribution in [0.5, 0.6) is 0 Å². The highest BCUT2D eigenvalue weighted by atomic mass is 16.6. The molecule has 1 aromatic heterocycles. The van der Waals surface area contributed by atoms with Crippen molar-refractivity contribution in [3.05, 3.63) is 23.9 Å². The Labute approximate surface area is 88.4 Å². The number of aromatic nitrogens is 1. The number of anilines is 1. The molecule has 1 rings (SSSR count). The van der Waals surface area contributed by atoms with E-state index in [0.29, 0.717) is 12.2 Å². The second-order valence-corrected chi connectivity index (χ2v) is 3.91. The fourth-order valence-corrected chi connectivity index (χ4v) is 1.37. The minimum atomic E-state index is -0.789. The average molecular weight is 209 g/mol. The maximum Gasteiger partial charge on any atom is 0.405 e. The number of nitrogen functional groups attached to an aromatic ring is 1. The Bertz CT molecular complexity index is 363. The molecule has 5 heteroatoms. The second-order valence-electron chi connectivity index (χ2n) is 3.91. The van der Waals surface area contributed by atoms with E-state index < -0.39 is 11.7 Å². The monoisotopic (exact) mass is 209 g/mol. The van der Waals surface area contributed by atoms with Crippen molar-refractivity contribution >= 4 is 11.9 Å². The molecule has 0 radical (unpaired) electrons. The molecular weight excluding hydrogens is 194 g/mol. The van der Waals surface area contributed by atoms with Crippen LogP contribution in [0, 0.1) is 0 Å². The number of ether oxygens (including phenoxy) is 1. The molecule has 0 spiro atoms. The van der Waals surface area contributed by atoms with Gasteiger partial charge < -0.3 is 16.2 Å². The molecule has 0 aliphatic rings. The summed E-state index contributed by atoms with van der Waals surface area (Å²) in [6, 6.07) is 3.63. The van der Waals surface area contributed by atoms with Crippen molar-refractivity contribution in [2.24, 2.45) is 5.73 Å². The van der Waals surface area contributed by atoms with Gasteiger partial charge >= 0.3 is 6.09 Å². The molecule has 0 aliphatic heterocycles. The number of carbonyl (C=O) groups is 1. The Balaban J connectivity index is 2.77. The average Bonchev–Trinajstić information content (AvgIpc) is 2.06. The van der Waals surface area contributed by atoms with Crippen LogP contribution in [-0.4, -0.2) is 16.7 Å². The summed E-state index contributed by atoms with van der Waals surface area (Å²) >= 11 is 0. The van der Waals surface area contributed by atoms with Gasteiger partial charge in [0, 0.05) is 12.6 Å². The van der Waals surface area contributed by atoms with E-state index >= 15 is 0 Å². The highest BCUT2D eigenvalue weighted by molar-refractivity contribution is 5.65. The molecule has 0 fully saturated rings. The summed E-state index contributed by atoms with van der Waals surface area (Å²) in [5, 5.41) is 0. The lowest BCUT2D eigenvalue weighted by molar-refractivity contribution is 0.0461.